The number of nitrogens with two attached hydrogens (primary N) is 2. The van der Waals surface area contributed by atoms with Gasteiger partial charge in [0.05, 0.1) is 0 Å². The first-order valence-electron chi connectivity index (χ1n) is 0.781. The van der Waals surface area contributed by atoms with Crippen molar-refractivity contribution in [2.24, 2.45) is 11.5 Å². The van der Waals surface area contributed by atoms with Crippen LogP contribution >= 0.6 is 0 Å². The molecular weight excluding hydrogens is 248 g/mol. The fraction of sp³-hybridized carbons (Fsp3) is 0. The van der Waals surface area contributed by atoms with E-state index in [0.29, 0.717) is 0 Å². The van der Waals surface area contributed by atoms with E-state index < -0.39 is 6.03 Å². The minimum absolute atomic E-state index is 0. The first kappa shape index (κ1) is 878. The van der Waals surface area contributed by atoms with E-state index in [1.807, 2.05) is 0 Å². The van der Waals surface area contributed by atoms with Gasteiger partial charge in [-0.2, -0.15) is 0 Å². The summed E-state index contributed by atoms with van der Waals surface area (Å²) in [6.07, 6.45) is 0. The first-order chi connectivity index (χ1) is 1.73. The molecule has 0 saturated heterocycles. The lowest BCUT2D eigenvalue weighted by molar-refractivity contribution is 0.256. The van der Waals surface area contributed by atoms with Crippen LogP contribution in [0.15, 0.2) is 0 Å². The zero-order chi connectivity index (χ0) is 3.58. The molecule has 0 saturated carbocycles. The van der Waals surface area contributed by atoms with E-state index in [1.165, 1.54) is 0 Å². The molecule has 0 unspecified atom stereocenters. The molecule has 0 aromatic rings. The Morgan fingerprint density at radius 2 is 0.438 bits per heavy atom. The van der Waals surface area contributed by atoms with Crippen molar-refractivity contribution in [3.05, 3.63) is 0 Å². The van der Waals surface area contributed by atoms with Crippen molar-refractivity contribution in [2.45, 2.75) is 0 Å². The second-order valence-electron chi connectivity index (χ2n) is 0.402. The number of urea groups is 1. The van der Waals surface area contributed by atoms with Crippen LogP contribution in [-0.2, 0) is 0 Å². The molecule has 0 heterocycles. The molecule has 0 aliphatic carbocycles. The SMILES string of the molecule is NC(N)=O.O.O.O.O.O.O.O.O.O.O.O.O. The average Bonchev–Trinajstić information content (AvgIpc) is 0.811. The summed E-state index contributed by atoms with van der Waals surface area (Å²) < 4.78 is 0. The van der Waals surface area contributed by atoms with Crippen LogP contribution in [0.5, 0.6) is 0 Å². The fourth-order valence-electron chi connectivity index (χ4n) is 0. The number of hydrogen-bond acceptors (Lipinski definition) is 1. The van der Waals surface area contributed by atoms with Crippen LogP contribution in [0.3, 0.4) is 0 Å². The third-order valence-electron chi connectivity index (χ3n) is 0. The Morgan fingerprint density at radius 3 is 0.438 bits per heavy atom. The normalized spacial score (nSPS) is 1.50. The lowest BCUT2D eigenvalue weighted by atomic mass is 11.2. The molecule has 0 aromatic carbocycles. The Hall–Kier alpha value is -1.21. The Bertz CT molecular complexity index is 36.9. The van der Waals surface area contributed by atoms with Crippen LogP contribution in [0.4, 0.5) is 4.79 Å². The topological polar surface area (TPSA) is 447 Å². The second kappa shape index (κ2) is 704. The van der Waals surface area contributed by atoms with Crippen LogP contribution in [0, 0.1) is 0 Å². The van der Waals surface area contributed by atoms with Gasteiger partial charge in [-0.15, -0.1) is 0 Å². The summed E-state index contributed by atoms with van der Waals surface area (Å²) in [6, 6.07) is -0.833. The van der Waals surface area contributed by atoms with Crippen molar-refractivity contribution in [2.75, 3.05) is 0 Å². The van der Waals surface area contributed by atoms with Gasteiger partial charge in [-0.1, -0.05) is 0 Å². The van der Waals surface area contributed by atoms with E-state index in [2.05, 4.69) is 11.5 Å². The van der Waals surface area contributed by atoms with Crippen molar-refractivity contribution in [1.29, 1.82) is 0 Å². The summed E-state index contributed by atoms with van der Waals surface area (Å²) in [4.78, 5) is 9.00. The summed E-state index contributed by atoms with van der Waals surface area (Å²) in [5.41, 5.74) is 8.50. The van der Waals surface area contributed by atoms with Crippen LogP contribution in [0.2, 0.25) is 0 Å². The molecule has 120 valence electrons. The maximum absolute atomic E-state index is 9.00. The summed E-state index contributed by atoms with van der Waals surface area (Å²) in [5.74, 6) is 0. The van der Waals surface area contributed by atoms with E-state index in [4.69, 9.17) is 4.79 Å². The summed E-state index contributed by atoms with van der Waals surface area (Å²) in [6.45, 7) is 0. The predicted octanol–water partition coefficient (Wildman–Crippen LogP) is -10.9. The van der Waals surface area contributed by atoms with Gasteiger partial charge in [-0.05, 0) is 0 Å². The van der Waals surface area contributed by atoms with Gasteiger partial charge in [0.1, 0.15) is 0 Å². The number of hydrogen-bond donors (Lipinski definition) is 2. The molecule has 0 aliphatic rings. The first-order valence-corrected chi connectivity index (χ1v) is 0.781. The fourth-order valence-corrected chi connectivity index (χ4v) is 0. The molecule has 0 atom stereocenters. The molecule has 0 aliphatic heterocycles. The van der Waals surface area contributed by atoms with Gasteiger partial charge >= 0.3 is 6.03 Å². The molecule has 0 aromatic heterocycles. The van der Waals surface area contributed by atoms with Gasteiger partial charge in [-0.25, -0.2) is 4.79 Å². The number of rotatable bonds is 0. The third-order valence-corrected chi connectivity index (χ3v) is 0. The Labute approximate surface area is 89.3 Å². The maximum Gasteiger partial charge on any atom is 0.309 e. The monoisotopic (exact) mass is 276 g/mol. The van der Waals surface area contributed by atoms with E-state index in [0.717, 1.165) is 0 Å². The van der Waals surface area contributed by atoms with Gasteiger partial charge in [0.15, 0.2) is 0 Å². The standard InChI is InChI=1S/CH4N2O.12H2O/c2-1(3)4;;;;;;;;;;;;/h(H4,2,3,4);12*1H2. The highest BCUT2D eigenvalue weighted by Gasteiger charge is 1.60. The van der Waals surface area contributed by atoms with E-state index in [-0.39, 0.29) is 65.7 Å². The largest absolute Gasteiger partial charge is 0.412 e. The van der Waals surface area contributed by atoms with E-state index in [1.54, 1.807) is 0 Å². The van der Waals surface area contributed by atoms with E-state index in [9.17, 15) is 0 Å². The molecule has 16 heavy (non-hydrogen) atoms. The minimum atomic E-state index is -0.833. The number of carbonyl (C=O) groups is 1. The molecule has 2 amide bonds. The van der Waals surface area contributed by atoms with Crippen LogP contribution in [0.1, 0.15) is 0 Å². The average molecular weight is 276 g/mol. The summed E-state index contributed by atoms with van der Waals surface area (Å²) >= 11 is 0. The smallest absolute Gasteiger partial charge is 0.309 e. The molecule has 0 radical (unpaired) electrons. The minimum Gasteiger partial charge on any atom is -0.412 e. The highest BCUT2D eigenvalue weighted by molar-refractivity contribution is 5.69. The Morgan fingerprint density at radius 1 is 0.438 bits per heavy atom. The second-order valence-corrected chi connectivity index (χ2v) is 0.402. The highest BCUT2D eigenvalue weighted by Crippen LogP contribution is 1.25. The maximum atomic E-state index is 9.00. The Balaban J connectivity index is -0.000000000682. The highest BCUT2D eigenvalue weighted by atomic mass is 16.2. The van der Waals surface area contributed by atoms with Crippen LogP contribution < -0.4 is 11.5 Å². The van der Waals surface area contributed by atoms with Gasteiger partial charge in [0.2, 0.25) is 0 Å². The number of amides is 2. The summed E-state index contributed by atoms with van der Waals surface area (Å²) in [5, 5.41) is 0. The van der Waals surface area contributed by atoms with Crippen LogP contribution in [0.25, 0.3) is 0 Å². The molecular formula is CH28N2O13. The van der Waals surface area contributed by atoms with Gasteiger partial charge < -0.3 is 77.2 Å². The Kier molecular flexibility index (Phi) is 38600. The number of primary amides is 2. The zero-order valence-electron chi connectivity index (χ0n) is 8.06. The quantitative estimate of drug-likeness (QED) is 0.426. The lowest BCUT2D eigenvalue weighted by Crippen LogP contribution is -2.18. The van der Waals surface area contributed by atoms with E-state index >= 15 is 0 Å². The zero-order valence-corrected chi connectivity index (χ0v) is 8.06. The molecule has 0 rings (SSSR count). The van der Waals surface area contributed by atoms with Crippen molar-refractivity contribution in [3.8, 4) is 0 Å². The van der Waals surface area contributed by atoms with Crippen molar-refractivity contribution >= 4 is 6.03 Å². The predicted molar refractivity (Wildman–Crippen MR) is 57.1 cm³/mol. The molecule has 15 heteroatoms. The molecule has 0 bridgehead atoms. The molecule has 15 nitrogen and oxygen atoms in total. The molecule has 0 fully saturated rings. The van der Waals surface area contributed by atoms with Crippen molar-refractivity contribution in [1.82, 2.24) is 0 Å². The number of carbonyl (C=O) groups excluding carboxylic acids is 1. The van der Waals surface area contributed by atoms with Crippen molar-refractivity contribution in [3.63, 3.8) is 0 Å². The van der Waals surface area contributed by atoms with Crippen molar-refractivity contribution < 1.29 is 70.5 Å². The lowest BCUT2D eigenvalue weighted by Gasteiger charge is -1.62. The molecule has 0 spiro atoms. The molecule has 28 N–H and O–H groups in total. The van der Waals surface area contributed by atoms with Gasteiger partial charge in [0.25, 0.3) is 0 Å². The summed E-state index contributed by atoms with van der Waals surface area (Å²) in [7, 11) is 0. The third kappa shape index (κ3) is 1210. The van der Waals surface area contributed by atoms with Gasteiger partial charge in [0, 0.05) is 0 Å². The van der Waals surface area contributed by atoms with Crippen LogP contribution in [-0.4, -0.2) is 71.7 Å². The van der Waals surface area contributed by atoms with Gasteiger partial charge in [-0.3, -0.25) is 0 Å².